The first-order valence-corrected chi connectivity index (χ1v) is 4.64. The molecule has 4 saturated carbocycles. The van der Waals surface area contributed by atoms with E-state index in [0.717, 1.165) is 0 Å². The minimum atomic E-state index is -0.944. The number of carbonyl (C=O) groups excluding carboxylic acids is 1. The van der Waals surface area contributed by atoms with Gasteiger partial charge in [-0.15, -0.1) is 0 Å². The fraction of sp³-hybridized carbons (Fsp3) is 0.889. The van der Waals surface area contributed by atoms with Gasteiger partial charge >= 0.3 is 0 Å². The van der Waals surface area contributed by atoms with E-state index >= 15 is 0 Å². The Morgan fingerprint density at radius 2 is 1.85 bits per heavy atom. The molecular formula is C9H12O4. The van der Waals surface area contributed by atoms with E-state index in [1.54, 1.807) is 0 Å². The van der Waals surface area contributed by atoms with Gasteiger partial charge in [0.1, 0.15) is 12.7 Å². The van der Waals surface area contributed by atoms with Gasteiger partial charge in [0, 0.05) is 0 Å². The highest BCUT2D eigenvalue weighted by Gasteiger charge is 3.21. The summed E-state index contributed by atoms with van der Waals surface area (Å²) in [6.07, 6.45) is -0.944. The molecule has 0 radical (unpaired) electrons. The van der Waals surface area contributed by atoms with Crippen LogP contribution < -0.4 is 0 Å². The first kappa shape index (κ1) is 7.76. The zero-order valence-corrected chi connectivity index (χ0v) is 7.09. The maximum Gasteiger partial charge on any atom is 0.293 e. The van der Waals surface area contributed by atoms with E-state index in [1.165, 1.54) is 29.1 Å². The molecule has 0 heterocycles. The number of fused-ring (bicyclic) bond motifs is 4. The van der Waals surface area contributed by atoms with E-state index in [9.17, 15) is 4.79 Å². The summed E-state index contributed by atoms with van der Waals surface area (Å²) in [5.41, 5.74) is 1.17. The van der Waals surface area contributed by atoms with E-state index in [4.69, 9.17) is 10.2 Å². The highest BCUT2D eigenvalue weighted by Crippen LogP contribution is 3.24. The molecular weight excluding hydrogens is 172 g/mol. The van der Waals surface area contributed by atoms with Crippen molar-refractivity contribution in [2.75, 3.05) is 13.2 Å². The van der Waals surface area contributed by atoms with E-state index in [-0.39, 0.29) is 19.7 Å². The molecule has 13 heavy (non-hydrogen) atoms. The lowest BCUT2D eigenvalue weighted by atomic mass is 10.0. The number of hydrogen-bond donors (Lipinski definition) is 2. The van der Waals surface area contributed by atoms with Gasteiger partial charge in [-0.1, -0.05) is 0 Å². The van der Waals surface area contributed by atoms with Crippen molar-refractivity contribution in [1.29, 1.82) is 0 Å². The summed E-state index contributed by atoms with van der Waals surface area (Å²) >= 11 is 0. The highest BCUT2D eigenvalue weighted by molar-refractivity contribution is 5.67. The summed E-state index contributed by atoms with van der Waals surface area (Å²) in [6.45, 7) is -0.299. The van der Waals surface area contributed by atoms with Crippen LogP contribution in [0.25, 0.3) is 0 Å². The number of rotatable bonds is 4. The lowest BCUT2D eigenvalue weighted by Crippen LogP contribution is -2.18. The molecule has 4 fully saturated rings. The van der Waals surface area contributed by atoms with Gasteiger partial charge in [0.15, 0.2) is 0 Å². The van der Waals surface area contributed by atoms with Crippen molar-refractivity contribution in [3.05, 3.63) is 0 Å². The smallest absolute Gasteiger partial charge is 0.293 e. The molecule has 0 saturated heterocycles. The van der Waals surface area contributed by atoms with Crippen LogP contribution in [0.2, 0.25) is 0 Å². The normalized spacial score (nSPS) is 55.8. The molecule has 1 unspecified atom stereocenters. The van der Waals surface area contributed by atoms with Gasteiger partial charge in [-0.3, -0.25) is 4.79 Å². The first-order valence-electron chi connectivity index (χ1n) is 4.64. The van der Waals surface area contributed by atoms with Crippen LogP contribution in [-0.2, 0) is 9.53 Å². The summed E-state index contributed by atoms with van der Waals surface area (Å²) in [6, 6.07) is 0. The molecule has 4 rings (SSSR count). The third-order valence-electron chi connectivity index (χ3n) is 3.99. The third-order valence-corrected chi connectivity index (χ3v) is 3.99. The Morgan fingerprint density at radius 1 is 1.38 bits per heavy atom. The fourth-order valence-electron chi connectivity index (χ4n) is 2.86. The highest BCUT2D eigenvalue weighted by atomic mass is 16.5. The molecule has 2 N–H and O–H groups in total. The molecule has 0 bridgehead atoms. The molecule has 4 aliphatic rings. The van der Waals surface area contributed by atoms with Gasteiger partial charge in [0.25, 0.3) is 6.47 Å². The monoisotopic (exact) mass is 184 g/mol. The van der Waals surface area contributed by atoms with Gasteiger partial charge in [0.2, 0.25) is 0 Å². The summed E-state index contributed by atoms with van der Waals surface area (Å²) in [5.74, 6) is 5.42. The van der Waals surface area contributed by atoms with Crippen molar-refractivity contribution in [2.45, 2.75) is 6.10 Å². The lowest BCUT2D eigenvalue weighted by molar-refractivity contribution is -0.132. The molecule has 72 valence electrons. The van der Waals surface area contributed by atoms with E-state index in [2.05, 4.69) is 4.74 Å². The SMILES string of the molecule is C12C3C4C1C234.O=COCC(O)CO. The molecule has 4 nitrogen and oxygen atoms in total. The van der Waals surface area contributed by atoms with Crippen molar-refractivity contribution >= 4 is 6.47 Å². The minimum Gasteiger partial charge on any atom is -0.465 e. The molecule has 0 amide bonds. The van der Waals surface area contributed by atoms with Crippen molar-refractivity contribution in [3.63, 3.8) is 0 Å². The average molecular weight is 184 g/mol. The summed E-state index contributed by atoms with van der Waals surface area (Å²) in [7, 11) is 0. The summed E-state index contributed by atoms with van der Waals surface area (Å²) in [5, 5.41) is 16.6. The van der Waals surface area contributed by atoms with E-state index in [0.29, 0.717) is 0 Å². The van der Waals surface area contributed by atoms with Crippen molar-refractivity contribution in [1.82, 2.24) is 0 Å². The topological polar surface area (TPSA) is 66.8 Å². The van der Waals surface area contributed by atoms with Crippen LogP contribution in [0.4, 0.5) is 0 Å². The van der Waals surface area contributed by atoms with Crippen LogP contribution in [0.5, 0.6) is 0 Å². The first-order chi connectivity index (χ1) is 6.30. The van der Waals surface area contributed by atoms with Crippen molar-refractivity contribution in [3.8, 4) is 0 Å². The Balaban J connectivity index is 0.0000000900. The van der Waals surface area contributed by atoms with Crippen LogP contribution in [0.15, 0.2) is 0 Å². The second-order valence-electron chi connectivity index (χ2n) is 4.37. The number of carbonyl (C=O) groups is 1. The molecule has 1 atom stereocenters. The van der Waals surface area contributed by atoms with Crippen LogP contribution in [0.3, 0.4) is 0 Å². The van der Waals surface area contributed by atoms with E-state index < -0.39 is 6.10 Å². The number of hydrogen-bond acceptors (Lipinski definition) is 4. The molecule has 0 aromatic rings. The zero-order valence-electron chi connectivity index (χ0n) is 7.09. The van der Waals surface area contributed by atoms with E-state index in [1.807, 2.05) is 0 Å². The molecule has 0 aromatic carbocycles. The average Bonchev–Trinajstić information content (AvgIpc) is 2.87. The van der Waals surface area contributed by atoms with Crippen LogP contribution in [0.1, 0.15) is 0 Å². The second kappa shape index (κ2) is 2.07. The van der Waals surface area contributed by atoms with Gasteiger partial charge in [0.05, 0.1) is 6.61 Å². The Morgan fingerprint density at radius 3 is 2.08 bits per heavy atom. The Bertz CT molecular complexity index is 219. The zero-order chi connectivity index (χ0) is 9.22. The number of ether oxygens (including phenoxy) is 1. The second-order valence-corrected chi connectivity index (χ2v) is 4.37. The Hall–Kier alpha value is -0.610. The maximum atomic E-state index is 9.41. The Labute approximate surface area is 75.5 Å². The lowest BCUT2D eigenvalue weighted by Gasteiger charge is -2.03. The fourth-order valence-corrected chi connectivity index (χ4v) is 2.86. The maximum absolute atomic E-state index is 9.41. The molecule has 1 spiro atoms. The molecule has 4 heteroatoms. The van der Waals surface area contributed by atoms with Gasteiger partial charge in [-0.05, 0) is 29.1 Å². The Kier molecular flexibility index (Phi) is 1.23. The van der Waals surface area contributed by atoms with Crippen LogP contribution in [0, 0.1) is 29.1 Å². The van der Waals surface area contributed by atoms with Crippen LogP contribution in [-0.4, -0.2) is 36.0 Å². The summed E-state index contributed by atoms with van der Waals surface area (Å²) in [4.78, 5) is 9.41. The third kappa shape index (κ3) is 0.718. The van der Waals surface area contributed by atoms with Crippen molar-refractivity contribution < 1.29 is 19.7 Å². The minimum absolute atomic E-state index is 0.139. The molecule has 0 aromatic heterocycles. The summed E-state index contributed by atoms with van der Waals surface area (Å²) < 4.78 is 4.10. The largest absolute Gasteiger partial charge is 0.465 e. The number of aliphatic hydroxyl groups excluding tert-OH is 2. The van der Waals surface area contributed by atoms with Gasteiger partial charge in [-0.25, -0.2) is 0 Å². The van der Waals surface area contributed by atoms with Crippen molar-refractivity contribution in [2.24, 2.45) is 29.1 Å². The predicted molar refractivity (Wildman–Crippen MR) is 41.5 cm³/mol. The van der Waals surface area contributed by atoms with Gasteiger partial charge < -0.3 is 14.9 Å². The molecule has 0 aliphatic heterocycles. The molecule has 4 aliphatic carbocycles. The quantitative estimate of drug-likeness (QED) is 0.550. The van der Waals surface area contributed by atoms with Crippen LogP contribution >= 0.6 is 0 Å². The number of aliphatic hydroxyl groups is 2. The van der Waals surface area contributed by atoms with Gasteiger partial charge in [-0.2, -0.15) is 0 Å². The predicted octanol–water partition coefficient (Wildman–Crippen LogP) is -0.995. The standard InChI is InChI=1S/C5H4.C4H8O4/c1-2-4-3(1)5(1,2)4;5-1-4(7)2-8-3-6/h1-4H;3-5,7H,1-2H2.